The van der Waals surface area contributed by atoms with E-state index in [0.717, 1.165) is 35.1 Å². The number of benzene rings is 3. The van der Waals surface area contributed by atoms with Crippen LogP contribution in [0.3, 0.4) is 0 Å². The molecule has 3 aromatic rings. The molecule has 1 aliphatic heterocycles. The van der Waals surface area contributed by atoms with Gasteiger partial charge in [-0.3, -0.25) is 9.59 Å². The first-order valence-electron chi connectivity index (χ1n) is 12.1. The lowest BCUT2D eigenvalue weighted by Crippen LogP contribution is -2.57. The fourth-order valence-electron chi connectivity index (χ4n) is 6.06. The minimum Gasteiger partial charge on any atom is -0.462 e. The van der Waals surface area contributed by atoms with E-state index in [4.69, 9.17) is 27.9 Å². The lowest BCUT2D eigenvalue weighted by Gasteiger charge is -2.54. The first-order valence-corrected chi connectivity index (χ1v) is 12.8. The minimum absolute atomic E-state index is 0.347. The molecule has 3 aliphatic carbocycles. The lowest BCUT2D eigenvalue weighted by molar-refractivity contribution is -0.122. The summed E-state index contributed by atoms with van der Waals surface area (Å²) >= 11 is 14.9. The third-order valence-corrected chi connectivity index (χ3v) is 8.96. The maximum Gasteiger partial charge on any atom is 0.338 e. The highest BCUT2D eigenvalue weighted by Crippen LogP contribution is 2.69. The summed E-state index contributed by atoms with van der Waals surface area (Å²) in [5.74, 6) is -2.97. The van der Waals surface area contributed by atoms with Crippen LogP contribution in [-0.2, 0) is 24.1 Å². The van der Waals surface area contributed by atoms with Crippen molar-refractivity contribution in [1.82, 2.24) is 0 Å². The predicted octanol–water partition coefficient (Wildman–Crippen LogP) is 5.74. The maximum atomic E-state index is 14.0. The summed E-state index contributed by atoms with van der Waals surface area (Å²) in [4.78, 5) is 39.0. The number of anilines is 1. The molecule has 2 atom stereocenters. The Kier molecular flexibility index (Phi) is 5.29. The topological polar surface area (TPSA) is 63.7 Å². The molecule has 1 heterocycles. The molecule has 3 aromatic carbocycles. The predicted molar refractivity (Wildman–Crippen MR) is 137 cm³/mol. The summed E-state index contributed by atoms with van der Waals surface area (Å²) in [6.45, 7) is 2.36. The van der Waals surface area contributed by atoms with Gasteiger partial charge in [-0.1, -0.05) is 61.9 Å². The summed E-state index contributed by atoms with van der Waals surface area (Å²) < 4.78 is 5.27. The zero-order valence-electron chi connectivity index (χ0n) is 19.5. The van der Waals surface area contributed by atoms with Gasteiger partial charge in [-0.2, -0.15) is 0 Å². The van der Waals surface area contributed by atoms with Crippen molar-refractivity contribution in [2.24, 2.45) is 11.8 Å². The highest BCUT2D eigenvalue weighted by atomic mass is 35.5. The van der Waals surface area contributed by atoms with Gasteiger partial charge in [-0.05, 0) is 52.9 Å². The molecule has 0 N–H and O–H groups in total. The van der Waals surface area contributed by atoms with Gasteiger partial charge in [-0.15, -0.1) is 23.2 Å². The Bertz CT molecular complexity index is 1300. The van der Waals surface area contributed by atoms with E-state index in [-0.39, 0.29) is 0 Å². The summed E-state index contributed by atoms with van der Waals surface area (Å²) in [5, 5.41) is 0. The zero-order chi connectivity index (χ0) is 25.2. The van der Waals surface area contributed by atoms with Crippen molar-refractivity contribution in [3.8, 4) is 0 Å². The third-order valence-electron chi connectivity index (χ3n) is 7.68. The summed E-state index contributed by atoms with van der Waals surface area (Å²) in [6, 6.07) is 21.4. The second-order valence-electron chi connectivity index (χ2n) is 9.52. The van der Waals surface area contributed by atoms with E-state index in [0.29, 0.717) is 17.9 Å². The zero-order valence-corrected chi connectivity index (χ0v) is 21.1. The number of rotatable bonds is 5. The molecule has 0 aromatic heterocycles. The van der Waals surface area contributed by atoms with Crippen molar-refractivity contribution in [3.63, 3.8) is 0 Å². The van der Waals surface area contributed by atoms with E-state index in [9.17, 15) is 14.4 Å². The first kappa shape index (κ1) is 23.3. The molecule has 0 spiro atoms. The monoisotopic (exact) mass is 519 g/mol. The molecule has 0 unspecified atom stereocenters. The van der Waals surface area contributed by atoms with Gasteiger partial charge in [0.25, 0.3) is 0 Å². The fourth-order valence-corrected chi connectivity index (χ4v) is 7.16. The van der Waals surface area contributed by atoms with Crippen molar-refractivity contribution in [3.05, 3.63) is 101 Å². The van der Waals surface area contributed by atoms with Crippen molar-refractivity contribution in [1.29, 1.82) is 0 Å². The molecule has 7 heteroatoms. The number of imide groups is 1. The number of amides is 2. The van der Waals surface area contributed by atoms with Crippen LogP contribution in [0.4, 0.5) is 5.69 Å². The van der Waals surface area contributed by atoms with E-state index in [2.05, 4.69) is 0 Å². The molecule has 5 nitrogen and oxygen atoms in total. The molecule has 0 radical (unpaired) electrons. The van der Waals surface area contributed by atoms with Crippen LogP contribution in [-0.4, -0.2) is 24.4 Å². The van der Waals surface area contributed by atoms with Gasteiger partial charge in [0.2, 0.25) is 11.8 Å². The molecule has 36 heavy (non-hydrogen) atoms. The molecule has 1 fully saturated rings. The smallest absolute Gasteiger partial charge is 0.338 e. The second kappa shape index (κ2) is 8.19. The number of nitrogens with zero attached hydrogens (tertiary/aromatic N) is 1. The number of carbonyl (C=O) groups is 3. The number of carbonyl (C=O) groups excluding carboxylic acids is 3. The van der Waals surface area contributed by atoms with Gasteiger partial charge >= 0.3 is 5.97 Å². The molecule has 7 rings (SSSR count). The van der Waals surface area contributed by atoms with Crippen LogP contribution in [0, 0.1) is 11.8 Å². The average Bonchev–Trinajstić information content (AvgIpc) is 3.18. The SMILES string of the molecule is CCCCOC(=O)c1ccc(N2C(=O)[C@H]3[C@H](C2=O)C2(Cl)c4ccccc4C3(Cl)c3ccccc32)cc1. The lowest BCUT2D eigenvalue weighted by atomic mass is 9.54. The van der Waals surface area contributed by atoms with E-state index >= 15 is 0 Å². The van der Waals surface area contributed by atoms with Crippen LogP contribution in [0.1, 0.15) is 52.4 Å². The fraction of sp³-hybridized carbons (Fsp3) is 0.276. The van der Waals surface area contributed by atoms with Crippen LogP contribution in [0.5, 0.6) is 0 Å². The molecular weight excluding hydrogens is 497 g/mol. The molecule has 182 valence electrons. The number of esters is 1. The third kappa shape index (κ3) is 2.87. The Labute approximate surface area is 219 Å². The van der Waals surface area contributed by atoms with Crippen molar-refractivity contribution < 1.29 is 19.1 Å². The van der Waals surface area contributed by atoms with E-state index in [1.165, 1.54) is 4.90 Å². The van der Waals surface area contributed by atoms with Gasteiger partial charge in [-0.25, -0.2) is 9.69 Å². The number of alkyl halides is 2. The van der Waals surface area contributed by atoms with Crippen molar-refractivity contribution >= 4 is 46.7 Å². The number of hydrogen-bond acceptors (Lipinski definition) is 4. The van der Waals surface area contributed by atoms with Gasteiger partial charge in [0, 0.05) is 0 Å². The Morgan fingerprint density at radius 3 is 1.67 bits per heavy atom. The standard InChI is InChI=1S/C29H23Cl2NO4/c1-2-3-16-36-27(35)17-12-14-18(15-13-17)32-25(33)23-24(26(32)34)29(31)20-9-5-4-8-19(20)28(23,30)21-10-6-7-11-22(21)29/h4-15,23-24H,2-3,16H2,1H3/t23-,24-,28?,29?/m1/s1. The van der Waals surface area contributed by atoms with Crippen molar-refractivity contribution in [2.45, 2.75) is 29.5 Å². The number of unbranched alkanes of at least 4 members (excludes halogenated alkanes) is 1. The number of hydrogen-bond donors (Lipinski definition) is 0. The normalized spacial score (nSPS) is 27.5. The van der Waals surface area contributed by atoms with E-state index in [1.807, 2.05) is 55.5 Å². The minimum atomic E-state index is -1.22. The van der Waals surface area contributed by atoms with Gasteiger partial charge in [0.1, 0.15) is 9.75 Å². The van der Waals surface area contributed by atoms with E-state index < -0.39 is 39.4 Å². The van der Waals surface area contributed by atoms with E-state index in [1.54, 1.807) is 24.3 Å². The Morgan fingerprint density at radius 1 is 0.806 bits per heavy atom. The molecule has 2 amide bonds. The van der Waals surface area contributed by atoms with Crippen molar-refractivity contribution in [2.75, 3.05) is 11.5 Å². The highest BCUT2D eigenvalue weighted by molar-refractivity contribution is 6.38. The Hall–Kier alpha value is -3.15. The molecule has 0 saturated carbocycles. The second-order valence-corrected chi connectivity index (χ2v) is 10.7. The summed E-state index contributed by atoms with van der Waals surface area (Å²) in [7, 11) is 0. The molecule has 4 aliphatic rings. The highest BCUT2D eigenvalue weighted by Gasteiger charge is 2.73. The van der Waals surface area contributed by atoms with Crippen LogP contribution < -0.4 is 4.90 Å². The van der Waals surface area contributed by atoms with Crippen LogP contribution >= 0.6 is 23.2 Å². The Balaban J connectivity index is 1.43. The van der Waals surface area contributed by atoms with Crippen LogP contribution in [0.25, 0.3) is 0 Å². The average molecular weight is 520 g/mol. The van der Waals surface area contributed by atoms with Crippen LogP contribution in [0.15, 0.2) is 72.8 Å². The summed E-state index contributed by atoms with van der Waals surface area (Å²) in [6.07, 6.45) is 1.71. The van der Waals surface area contributed by atoms with Gasteiger partial charge < -0.3 is 4.74 Å². The first-order chi connectivity index (χ1) is 17.3. The molecule has 2 bridgehead atoms. The Morgan fingerprint density at radius 2 is 1.25 bits per heavy atom. The summed E-state index contributed by atoms with van der Waals surface area (Å²) in [5.41, 5.74) is 3.76. The largest absolute Gasteiger partial charge is 0.462 e. The number of halogens is 2. The maximum absolute atomic E-state index is 14.0. The molecule has 1 saturated heterocycles. The number of ether oxygens (including phenoxy) is 1. The molecular formula is C29H23Cl2NO4. The van der Waals surface area contributed by atoms with Gasteiger partial charge in [0.15, 0.2) is 0 Å². The quantitative estimate of drug-likeness (QED) is 0.186. The van der Waals surface area contributed by atoms with Gasteiger partial charge in [0.05, 0.1) is 29.7 Å². The van der Waals surface area contributed by atoms with Crippen LogP contribution in [0.2, 0.25) is 0 Å².